The second-order valence-corrected chi connectivity index (χ2v) is 22.5. The minimum atomic E-state index is -0.301. The van der Waals surface area contributed by atoms with E-state index >= 15 is 0 Å². The third kappa shape index (κ3) is 9.02. The van der Waals surface area contributed by atoms with E-state index in [-0.39, 0.29) is 5.41 Å². The molecule has 1 aromatic heterocycles. The van der Waals surface area contributed by atoms with E-state index in [2.05, 4.69) is 339 Å². The summed E-state index contributed by atoms with van der Waals surface area (Å²) >= 11 is 0. The van der Waals surface area contributed by atoms with Crippen molar-refractivity contribution in [3.63, 3.8) is 0 Å². The lowest BCUT2D eigenvalue weighted by atomic mass is 9.82. The Kier molecular flexibility index (Phi) is 12.2. The Hall–Kier alpha value is -10.5. The van der Waals surface area contributed by atoms with Crippen LogP contribution < -0.4 is 4.90 Å². The molecule has 2 nitrogen and oxygen atoms in total. The summed E-state index contributed by atoms with van der Waals surface area (Å²) in [5.41, 5.74) is 28.5. The number of anilines is 3. The van der Waals surface area contributed by atoms with E-state index in [4.69, 9.17) is 0 Å². The molecule has 0 saturated heterocycles. The second kappa shape index (κ2) is 20.5. The Bertz CT molecular complexity index is 4600. The van der Waals surface area contributed by atoms with Crippen molar-refractivity contribution in [3.8, 4) is 94.7 Å². The number of aromatic nitrogens is 1. The van der Waals surface area contributed by atoms with Crippen LogP contribution in [-0.4, -0.2) is 4.57 Å². The molecular formula is C81H58N2. The highest BCUT2D eigenvalue weighted by Crippen LogP contribution is 2.52. The lowest BCUT2D eigenvalue weighted by Gasteiger charge is -2.29. The molecule has 0 N–H and O–H groups in total. The molecule has 83 heavy (non-hydrogen) atoms. The molecule has 14 aromatic rings. The molecule has 0 radical (unpaired) electrons. The van der Waals surface area contributed by atoms with E-state index < -0.39 is 0 Å². The van der Waals surface area contributed by atoms with E-state index in [1.54, 1.807) is 0 Å². The molecule has 2 heteroatoms. The van der Waals surface area contributed by atoms with Gasteiger partial charge >= 0.3 is 0 Å². The van der Waals surface area contributed by atoms with Crippen molar-refractivity contribution in [1.29, 1.82) is 0 Å². The number of hydrogen-bond acceptors (Lipinski definition) is 1. The smallest absolute Gasteiger partial charge is 0.0541 e. The van der Waals surface area contributed by atoms with Crippen LogP contribution >= 0.6 is 0 Å². The fourth-order valence-electron chi connectivity index (χ4n) is 12.9. The lowest BCUT2D eigenvalue weighted by Crippen LogP contribution is -2.17. The normalized spacial score (nSPS) is 12.3. The van der Waals surface area contributed by atoms with Crippen LogP contribution in [0.4, 0.5) is 17.1 Å². The van der Waals surface area contributed by atoms with Crippen LogP contribution in [0.3, 0.4) is 0 Å². The van der Waals surface area contributed by atoms with E-state index in [9.17, 15) is 0 Å². The molecule has 1 heterocycles. The largest absolute Gasteiger partial charge is 0.310 e. The van der Waals surface area contributed by atoms with Gasteiger partial charge in [0.05, 0.1) is 11.0 Å². The van der Waals surface area contributed by atoms with Gasteiger partial charge in [-0.2, -0.15) is 0 Å². The molecule has 1 aliphatic carbocycles. The zero-order valence-electron chi connectivity index (χ0n) is 46.4. The van der Waals surface area contributed by atoms with Gasteiger partial charge in [-0.15, -0.1) is 0 Å². The van der Waals surface area contributed by atoms with Gasteiger partial charge in [-0.25, -0.2) is 0 Å². The van der Waals surface area contributed by atoms with Crippen molar-refractivity contribution >= 4 is 38.9 Å². The van der Waals surface area contributed by atoms with Gasteiger partial charge in [0, 0.05) is 38.9 Å². The second-order valence-electron chi connectivity index (χ2n) is 22.5. The van der Waals surface area contributed by atoms with Crippen molar-refractivity contribution in [2.75, 3.05) is 4.90 Å². The van der Waals surface area contributed by atoms with E-state index in [1.807, 2.05) is 0 Å². The van der Waals surface area contributed by atoms with Crippen molar-refractivity contribution in [2.45, 2.75) is 19.3 Å². The zero-order valence-corrected chi connectivity index (χ0v) is 46.4. The Labute approximate surface area is 486 Å². The molecule has 0 spiro atoms. The molecule has 0 bridgehead atoms. The Morgan fingerprint density at radius 2 is 0.590 bits per heavy atom. The summed E-state index contributed by atoms with van der Waals surface area (Å²) in [7, 11) is 0. The van der Waals surface area contributed by atoms with Crippen LogP contribution in [0.25, 0.3) is 117 Å². The van der Waals surface area contributed by atoms with Gasteiger partial charge in [-0.1, -0.05) is 250 Å². The molecule has 1 aliphatic rings. The molecule has 0 fully saturated rings. The van der Waals surface area contributed by atoms with Crippen molar-refractivity contribution in [1.82, 2.24) is 4.57 Å². The summed E-state index contributed by atoms with van der Waals surface area (Å²) in [6.07, 6.45) is 0. The summed E-state index contributed by atoms with van der Waals surface area (Å²) in [5.74, 6) is 0. The molecule has 392 valence electrons. The summed E-state index contributed by atoms with van der Waals surface area (Å²) < 4.78 is 2.47. The molecule has 0 atom stereocenters. The molecule has 0 unspecified atom stereocenters. The number of nitrogens with zero attached hydrogens (tertiary/aromatic N) is 2. The van der Waals surface area contributed by atoms with Gasteiger partial charge in [0.1, 0.15) is 0 Å². The first kappa shape index (κ1) is 49.5. The van der Waals surface area contributed by atoms with Gasteiger partial charge in [-0.3, -0.25) is 0 Å². The van der Waals surface area contributed by atoms with Crippen LogP contribution in [0.2, 0.25) is 0 Å². The van der Waals surface area contributed by atoms with Crippen LogP contribution in [-0.2, 0) is 5.41 Å². The van der Waals surface area contributed by atoms with Crippen molar-refractivity contribution < 1.29 is 0 Å². The fraction of sp³-hybridized carbons (Fsp3) is 0.0370. The monoisotopic (exact) mass is 1060 g/mol. The molecular weight excluding hydrogens is 1000 g/mol. The van der Waals surface area contributed by atoms with E-state index in [0.717, 1.165) is 33.9 Å². The first-order valence-corrected chi connectivity index (χ1v) is 28.8. The third-order valence-corrected chi connectivity index (χ3v) is 17.2. The van der Waals surface area contributed by atoms with Crippen LogP contribution in [0.1, 0.15) is 25.0 Å². The number of para-hydroxylation sites is 1. The fourth-order valence-corrected chi connectivity index (χ4v) is 12.9. The maximum absolute atomic E-state index is 2.47. The predicted octanol–water partition coefficient (Wildman–Crippen LogP) is 22.2. The maximum Gasteiger partial charge on any atom is 0.0541 e. The predicted molar refractivity (Wildman–Crippen MR) is 351 cm³/mol. The highest BCUT2D eigenvalue weighted by molar-refractivity contribution is 6.10. The van der Waals surface area contributed by atoms with Gasteiger partial charge in [0.25, 0.3) is 0 Å². The number of benzene rings is 13. The number of hydrogen-bond donors (Lipinski definition) is 0. The average molecular weight is 1060 g/mol. The minimum absolute atomic E-state index is 0.301. The molecule has 0 aliphatic heterocycles. The maximum atomic E-state index is 2.47. The standard InChI is InChI=1S/C81H58N2/c1-81(2)77-53-71(82(69-30-16-28-66(50-69)60-38-34-58(35-39-60)55-18-6-3-7-19-55)70-31-17-29-67(51-70)61-40-36-59(37-41-61)56-20-8-4-9-21-56)43-45-73(77)74-46-44-72(54-78(74)81)83-79-33-13-12-32-75(79)76-52-68(42-47-80(76)83)65-27-15-26-64(49-65)63-25-14-24-62(48-63)57-22-10-5-11-23-57/h3-54H,1-2H3. The molecule has 0 amide bonds. The van der Waals surface area contributed by atoms with Crippen LogP contribution in [0, 0.1) is 0 Å². The highest BCUT2D eigenvalue weighted by atomic mass is 15.1. The topological polar surface area (TPSA) is 8.17 Å². The SMILES string of the molecule is CC1(C)c2cc(N(c3cccc(-c4ccc(-c5ccccc5)cc4)c3)c3cccc(-c4ccc(-c5ccccc5)cc4)c3)ccc2-c2ccc(-n3c4ccccc4c4cc(-c5cccc(-c6cccc(-c7ccccc7)c6)c5)ccc43)cc21. The quantitative estimate of drug-likeness (QED) is 0.125. The average Bonchev–Trinajstić information content (AvgIpc) is 2.30. The number of rotatable bonds is 11. The first-order valence-electron chi connectivity index (χ1n) is 28.8. The molecule has 15 rings (SSSR count). The molecule has 0 saturated carbocycles. The highest BCUT2D eigenvalue weighted by Gasteiger charge is 2.37. The Balaban J connectivity index is 0.791. The third-order valence-electron chi connectivity index (χ3n) is 17.2. The summed E-state index contributed by atoms with van der Waals surface area (Å²) in [6.45, 7) is 4.80. The summed E-state index contributed by atoms with van der Waals surface area (Å²) in [5, 5.41) is 2.48. The van der Waals surface area contributed by atoms with E-state index in [1.165, 1.54) is 111 Å². The van der Waals surface area contributed by atoms with Crippen molar-refractivity contribution in [2.24, 2.45) is 0 Å². The minimum Gasteiger partial charge on any atom is -0.310 e. The van der Waals surface area contributed by atoms with E-state index in [0.29, 0.717) is 0 Å². The lowest BCUT2D eigenvalue weighted by molar-refractivity contribution is 0.660. The van der Waals surface area contributed by atoms with Gasteiger partial charge in [-0.05, 0) is 179 Å². The summed E-state index contributed by atoms with van der Waals surface area (Å²) in [6, 6.07) is 116. The summed E-state index contributed by atoms with van der Waals surface area (Å²) in [4.78, 5) is 2.44. The first-order chi connectivity index (χ1) is 40.9. The molecule has 13 aromatic carbocycles. The Morgan fingerprint density at radius 1 is 0.241 bits per heavy atom. The zero-order chi connectivity index (χ0) is 55.4. The van der Waals surface area contributed by atoms with Crippen LogP contribution in [0.5, 0.6) is 0 Å². The van der Waals surface area contributed by atoms with Crippen molar-refractivity contribution in [3.05, 3.63) is 327 Å². The number of fused-ring (bicyclic) bond motifs is 6. The van der Waals surface area contributed by atoms with Gasteiger partial charge < -0.3 is 9.47 Å². The van der Waals surface area contributed by atoms with Gasteiger partial charge in [0.15, 0.2) is 0 Å². The Morgan fingerprint density at radius 3 is 1.12 bits per heavy atom. The van der Waals surface area contributed by atoms with Gasteiger partial charge in [0.2, 0.25) is 0 Å². The van der Waals surface area contributed by atoms with Crippen LogP contribution in [0.15, 0.2) is 315 Å².